The summed E-state index contributed by atoms with van der Waals surface area (Å²) in [5.74, 6) is -0.266. The molecule has 0 aliphatic carbocycles. The maximum atomic E-state index is 13.4. The Morgan fingerprint density at radius 1 is 1.10 bits per heavy atom. The van der Waals surface area contributed by atoms with Gasteiger partial charge >= 0.3 is 0 Å². The van der Waals surface area contributed by atoms with E-state index >= 15 is 0 Å². The molecule has 0 aliphatic rings. The molecule has 106 valence electrons. The van der Waals surface area contributed by atoms with Gasteiger partial charge in [0.15, 0.2) is 0 Å². The molecule has 2 nitrogen and oxygen atoms in total. The third-order valence-electron chi connectivity index (χ3n) is 3.38. The highest BCUT2D eigenvalue weighted by atomic mass is 79.9. The van der Waals surface area contributed by atoms with Gasteiger partial charge in [0.2, 0.25) is 0 Å². The Bertz CT molecular complexity index is 768. The molecule has 1 atom stereocenters. The molecule has 3 aromatic rings. The van der Waals surface area contributed by atoms with E-state index in [1.54, 1.807) is 0 Å². The van der Waals surface area contributed by atoms with Gasteiger partial charge < -0.3 is 5.73 Å². The van der Waals surface area contributed by atoms with Crippen LogP contribution >= 0.6 is 15.9 Å². The van der Waals surface area contributed by atoms with Crippen molar-refractivity contribution in [1.29, 1.82) is 0 Å². The highest BCUT2D eigenvalue weighted by Gasteiger charge is 2.10. The van der Waals surface area contributed by atoms with Gasteiger partial charge in [-0.1, -0.05) is 40.2 Å². The summed E-state index contributed by atoms with van der Waals surface area (Å²) in [6.07, 6.45) is 0.543. The van der Waals surface area contributed by atoms with E-state index in [9.17, 15) is 4.39 Å². The molecule has 2 N–H and O–H groups in total. The van der Waals surface area contributed by atoms with Gasteiger partial charge in [0, 0.05) is 9.86 Å². The first-order valence-corrected chi connectivity index (χ1v) is 7.47. The van der Waals surface area contributed by atoms with Gasteiger partial charge in [-0.2, -0.15) is 0 Å². The van der Waals surface area contributed by atoms with Crippen LogP contribution in [0.2, 0.25) is 0 Å². The van der Waals surface area contributed by atoms with E-state index in [1.165, 1.54) is 12.1 Å². The smallest absolute Gasteiger partial charge is 0.124 e. The Labute approximate surface area is 130 Å². The summed E-state index contributed by atoms with van der Waals surface area (Å²) in [6, 6.07) is 16.4. The molecule has 2 aromatic carbocycles. The summed E-state index contributed by atoms with van der Waals surface area (Å²) in [5, 5.41) is 1.09. The molecule has 21 heavy (non-hydrogen) atoms. The lowest BCUT2D eigenvalue weighted by molar-refractivity contribution is 0.620. The lowest BCUT2D eigenvalue weighted by Crippen LogP contribution is -2.15. The summed E-state index contributed by atoms with van der Waals surface area (Å²) in [6.45, 7) is 0. The maximum absolute atomic E-state index is 13.4. The van der Waals surface area contributed by atoms with Crippen molar-refractivity contribution >= 4 is 26.8 Å². The minimum Gasteiger partial charge on any atom is -0.322 e. The predicted molar refractivity (Wildman–Crippen MR) is 86.5 cm³/mol. The van der Waals surface area contributed by atoms with Crippen LogP contribution in [0, 0.1) is 5.82 Å². The Hall–Kier alpha value is -1.78. The second kappa shape index (κ2) is 5.92. The minimum atomic E-state index is -0.266. The van der Waals surface area contributed by atoms with E-state index in [-0.39, 0.29) is 11.9 Å². The van der Waals surface area contributed by atoms with Crippen LogP contribution in [0.3, 0.4) is 0 Å². The van der Waals surface area contributed by atoms with Crippen molar-refractivity contribution in [2.75, 3.05) is 0 Å². The van der Waals surface area contributed by atoms with Crippen molar-refractivity contribution < 1.29 is 4.39 Å². The van der Waals surface area contributed by atoms with Gasteiger partial charge in [0.25, 0.3) is 0 Å². The van der Waals surface area contributed by atoms with E-state index in [1.807, 2.05) is 42.5 Å². The molecule has 0 spiro atoms. The Morgan fingerprint density at radius 2 is 1.90 bits per heavy atom. The molecule has 0 aliphatic heterocycles. The summed E-state index contributed by atoms with van der Waals surface area (Å²) >= 11 is 3.30. The quantitative estimate of drug-likeness (QED) is 0.765. The highest BCUT2D eigenvalue weighted by molar-refractivity contribution is 9.10. The van der Waals surface area contributed by atoms with Gasteiger partial charge in [0.05, 0.1) is 17.3 Å². The molecular formula is C17H14BrFN2. The number of fused-ring (bicyclic) bond motifs is 1. The Kier molecular flexibility index (Phi) is 3.99. The molecule has 0 radical (unpaired) electrons. The van der Waals surface area contributed by atoms with Crippen LogP contribution in [0.5, 0.6) is 0 Å². The average Bonchev–Trinajstić information content (AvgIpc) is 2.45. The molecule has 0 amide bonds. The van der Waals surface area contributed by atoms with E-state index in [2.05, 4.69) is 20.9 Å². The topological polar surface area (TPSA) is 38.9 Å². The van der Waals surface area contributed by atoms with Crippen LogP contribution in [0.15, 0.2) is 59.1 Å². The van der Waals surface area contributed by atoms with Crippen molar-refractivity contribution in [3.05, 3.63) is 76.1 Å². The van der Waals surface area contributed by atoms with E-state index in [0.29, 0.717) is 6.42 Å². The Balaban J connectivity index is 1.87. The summed E-state index contributed by atoms with van der Waals surface area (Å²) in [4.78, 5) is 4.59. The van der Waals surface area contributed by atoms with Gasteiger partial charge in [0.1, 0.15) is 5.82 Å². The number of para-hydroxylation sites is 1. The molecular weight excluding hydrogens is 331 g/mol. The fourth-order valence-corrected chi connectivity index (χ4v) is 2.89. The van der Waals surface area contributed by atoms with Crippen LogP contribution in [0.4, 0.5) is 4.39 Å². The largest absolute Gasteiger partial charge is 0.322 e. The van der Waals surface area contributed by atoms with Gasteiger partial charge in [-0.3, -0.25) is 4.98 Å². The van der Waals surface area contributed by atoms with E-state index in [4.69, 9.17) is 5.73 Å². The lowest BCUT2D eigenvalue weighted by atomic mass is 10.0. The zero-order valence-electron chi connectivity index (χ0n) is 11.3. The second-order valence-corrected chi connectivity index (χ2v) is 5.93. The fourth-order valence-electron chi connectivity index (χ4n) is 2.38. The van der Waals surface area contributed by atoms with Crippen molar-refractivity contribution in [2.45, 2.75) is 12.5 Å². The zero-order chi connectivity index (χ0) is 14.8. The molecule has 4 heteroatoms. The van der Waals surface area contributed by atoms with Crippen LogP contribution in [-0.4, -0.2) is 4.98 Å². The number of halogens is 2. The zero-order valence-corrected chi connectivity index (χ0v) is 12.8. The first kappa shape index (κ1) is 14.2. The number of pyridine rings is 1. The Morgan fingerprint density at radius 3 is 2.71 bits per heavy atom. The number of hydrogen-bond donors (Lipinski definition) is 1. The number of aromatic nitrogens is 1. The first-order valence-electron chi connectivity index (χ1n) is 6.68. The number of benzene rings is 2. The summed E-state index contributed by atoms with van der Waals surface area (Å²) in [5.41, 5.74) is 8.81. The van der Waals surface area contributed by atoms with Crippen molar-refractivity contribution in [1.82, 2.24) is 4.98 Å². The predicted octanol–water partition coefficient (Wildman–Crippen LogP) is 4.38. The van der Waals surface area contributed by atoms with Crippen molar-refractivity contribution in [2.24, 2.45) is 5.73 Å². The molecule has 3 rings (SSSR count). The minimum absolute atomic E-state index is 0.261. The second-order valence-electron chi connectivity index (χ2n) is 5.02. The highest BCUT2D eigenvalue weighted by Crippen LogP contribution is 2.21. The molecule has 0 fully saturated rings. The third kappa shape index (κ3) is 3.28. The molecule has 1 heterocycles. The molecule has 1 aromatic heterocycles. The average molecular weight is 345 g/mol. The molecule has 0 bridgehead atoms. The van der Waals surface area contributed by atoms with Crippen molar-refractivity contribution in [3.8, 4) is 0 Å². The number of hydrogen-bond acceptors (Lipinski definition) is 2. The SMILES string of the molecule is NC(Cc1cc(F)cc(Br)c1)c1ccc2ccccc2n1. The summed E-state index contributed by atoms with van der Waals surface area (Å²) in [7, 11) is 0. The number of rotatable bonds is 3. The number of nitrogens with zero attached hydrogens (tertiary/aromatic N) is 1. The van der Waals surface area contributed by atoms with E-state index in [0.717, 1.165) is 26.6 Å². The normalized spacial score (nSPS) is 12.5. The lowest BCUT2D eigenvalue weighted by Gasteiger charge is -2.12. The summed E-state index contributed by atoms with van der Waals surface area (Å²) < 4.78 is 14.1. The first-order chi connectivity index (χ1) is 10.1. The molecule has 0 saturated heterocycles. The molecule has 1 unspecified atom stereocenters. The van der Waals surface area contributed by atoms with Crippen LogP contribution in [0.1, 0.15) is 17.3 Å². The third-order valence-corrected chi connectivity index (χ3v) is 3.84. The van der Waals surface area contributed by atoms with Crippen LogP contribution in [0.25, 0.3) is 10.9 Å². The fraction of sp³-hybridized carbons (Fsp3) is 0.118. The van der Waals surface area contributed by atoms with Gasteiger partial charge in [-0.25, -0.2) is 4.39 Å². The van der Waals surface area contributed by atoms with Crippen molar-refractivity contribution in [3.63, 3.8) is 0 Å². The van der Waals surface area contributed by atoms with Crippen LogP contribution < -0.4 is 5.73 Å². The number of nitrogens with two attached hydrogens (primary N) is 1. The molecule has 0 saturated carbocycles. The monoisotopic (exact) mass is 344 g/mol. The maximum Gasteiger partial charge on any atom is 0.124 e. The van der Waals surface area contributed by atoms with Gasteiger partial charge in [-0.15, -0.1) is 0 Å². The van der Waals surface area contributed by atoms with Gasteiger partial charge in [-0.05, 0) is 42.3 Å². The standard InChI is InChI=1S/C17H14BrFN2/c18-13-7-11(8-14(19)10-13)9-15(20)17-6-5-12-3-1-2-4-16(12)21-17/h1-8,10,15H,9,20H2. The van der Waals surface area contributed by atoms with E-state index < -0.39 is 0 Å². The van der Waals surface area contributed by atoms with Crippen LogP contribution in [-0.2, 0) is 6.42 Å².